The molecule has 7 heteroatoms. The topological polar surface area (TPSA) is 69.6 Å². The standard InChI is InChI=1S/C15H18Cl2N2O3/c16-12-3-2-10(6-13(12)17)9-19(4-1-5-20)15(22)11-7-14(21)18-8-11/h2-3,6,11,20H,1,4-5,7-9H2,(H,18,21). The second-order valence-electron chi connectivity index (χ2n) is 5.29. The van der Waals surface area contributed by atoms with Gasteiger partial charge in [0, 0.05) is 32.7 Å². The van der Waals surface area contributed by atoms with Crippen molar-refractivity contribution >= 4 is 35.0 Å². The molecule has 1 aliphatic heterocycles. The molecule has 0 saturated carbocycles. The smallest absolute Gasteiger partial charge is 0.228 e. The van der Waals surface area contributed by atoms with Crippen molar-refractivity contribution in [2.24, 2.45) is 5.92 Å². The third-order valence-electron chi connectivity index (χ3n) is 3.58. The third kappa shape index (κ3) is 4.35. The Balaban J connectivity index is 2.09. The van der Waals surface area contributed by atoms with Crippen LogP contribution in [0.4, 0.5) is 0 Å². The predicted molar refractivity (Wildman–Crippen MR) is 84.7 cm³/mol. The summed E-state index contributed by atoms with van der Waals surface area (Å²) in [6.45, 7) is 1.18. The summed E-state index contributed by atoms with van der Waals surface area (Å²) in [6.07, 6.45) is 0.705. The molecule has 1 unspecified atom stereocenters. The fourth-order valence-corrected chi connectivity index (χ4v) is 2.75. The van der Waals surface area contributed by atoms with Crippen LogP contribution in [0.2, 0.25) is 10.0 Å². The molecule has 1 heterocycles. The Morgan fingerprint density at radius 2 is 2.14 bits per heavy atom. The van der Waals surface area contributed by atoms with Crippen molar-refractivity contribution in [3.63, 3.8) is 0 Å². The molecule has 120 valence electrons. The van der Waals surface area contributed by atoms with Crippen molar-refractivity contribution in [1.29, 1.82) is 0 Å². The minimum Gasteiger partial charge on any atom is -0.396 e. The van der Waals surface area contributed by atoms with Gasteiger partial charge in [0.05, 0.1) is 16.0 Å². The van der Waals surface area contributed by atoms with Crippen molar-refractivity contribution in [3.8, 4) is 0 Å². The predicted octanol–water partition coefficient (Wildman–Crippen LogP) is 1.84. The molecular weight excluding hydrogens is 327 g/mol. The number of halogens is 2. The van der Waals surface area contributed by atoms with Gasteiger partial charge in [-0.1, -0.05) is 29.3 Å². The molecule has 1 aromatic carbocycles. The van der Waals surface area contributed by atoms with E-state index in [1.54, 1.807) is 17.0 Å². The van der Waals surface area contributed by atoms with Gasteiger partial charge in [-0.05, 0) is 24.1 Å². The van der Waals surface area contributed by atoms with Gasteiger partial charge in [-0.25, -0.2) is 0 Å². The Hall–Kier alpha value is -1.30. The van der Waals surface area contributed by atoms with E-state index < -0.39 is 0 Å². The molecule has 5 nitrogen and oxygen atoms in total. The number of carbonyl (C=O) groups excluding carboxylic acids is 2. The van der Waals surface area contributed by atoms with E-state index >= 15 is 0 Å². The van der Waals surface area contributed by atoms with Gasteiger partial charge in [-0.15, -0.1) is 0 Å². The number of aliphatic hydroxyl groups excluding tert-OH is 1. The number of rotatable bonds is 6. The molecule has 1 aliphatic rings. The van der Waals surface area contributed by atoms with Crippen LogP contribution >= 0.6 is 23.2 Å². The van der Waals surface area contributed by atoms with Gasteiger partial charge in [0.2, 0.25) is 11.8 Å². The number of nitrogens with zero attached hydrogens (tertiary/aromatic N) is 1. The zero-order valence-electron chi connectivity index (χ0n) is 12.0. The maximum Gasteiger partial charge on any atom is 0.228 e. The number of hydrogen-bond donors (Lipinski definition) is 2. The van der Waals surface area contributed by atoms with Gasteiger partial charge in [0.25, 0.3) is 0 Å². The number of hydrogen-bond acceptors (Lipinski definition) is 3. The second kappa shape index (κ2) is 7.81. The monoisotopic (exact) mass is 344 g/mol. The number of amides is 2. The number of carbonyl (C=O) groups is 2. The van der Waals surface area contributed by atoms with Crippen molar-refractivity contribution in [2.45, 2.75) is 19.4 Å². The van der Waals surface area contributed by atoms with Gasteiger partial charge in [-0.3, -0.25) is 9.59 Å². The summed E-state index contributed by atoms with van der Waals surface area (Å²) in [6, 6.07) is 5.22. The summed E-state index contributed by atoms with van der Waals surface area (Å²) < 4.78 is 0. The molecule has 1 saturated heterocycles. The van der Waals surface area contributed by atoms with Gasteiger partial charge >= 0.3 is 0 Å². The molecule has 1 atom stereocenters. The number of benzene rings is 1. The van der Waals surface area contributed by atoms with E-state index in [1.165, 1.54) is 0 Å². The highest BCUT2D eigenvalue weighted by Crippen LogP contribution is 2.24. The van der Waals surface area contributed by atoms with E-state index in [9.17, 15) is 9.59 Å². The lowest BCUT2D eigenvalue weighted by Gasteiger charge is -2.25. The van der Waals surface area contributed by atoms with Crippen LogP contribution in [0.5, 0.6) is 0 Å². The summed E-state index contributed by atoms with van der Waals surface area (Å²) in [4.78, 5) is 25.5. The van der Waals surface area contributed by atoms with Crippen LogP contribution in [0.15, 0.2) is 18.2 Å². The SMILES string of the molecule is O=C1CC(C(=O)N(CCCO)Cc2ccc(Cl)c(Cl)c2)CN1. The van der Waals surface area contributed by atoms with E-state index in [2.05, 4.69) is 5.32 Å². The van der Waals surface area contributed by atoms with Crippen LogP contribution in [0.1, 0.15) is 18.4 Å². The van der Waals surface area contributed by atoms with Crippen LogP contribution in [0.3, 0.4) is 0 Å². The molecule has 2 amide bonds. The van der Waals surface area contributed by atoms with Crippen molar-refractivity contribution in [2.75, 3.05) is 19.7 Å². The lowest BCUT2D eigenvalue weighted by atomic mass is 10.1. The lowest BCUT2D eigenvalue weighted by molar-refractivity contribution is -0.136. The summed E-state index contributed by atoms with van der Waals surface area (Å²) in [7, 11) is 0. The van der Waals surface area contributed by atoms with E-state index in [4.69, 9.17) is 28.3 Å². The Kier molecular flexibility index (Phi) is 6.06. The number of nitrogens with one attached hydrogen (secondary N) is 1. The first kappa shape index (κ1) is 17.1. The van der Waals surface area contributed by atoms with E-state index in [0.717, 1.165) is 5.56 Å². The molecule has 1 aromatic rings. The summed E-state index contributed by atoms with van der Waals surface area (Å²) >= 11 is 11.9. The van der Waals surface area contributed by atoms with Crippen molar-refractivity contribution in [3.05, 3.63) is 33.8 Å². The van der Waals surface area contributed by atoms with Gasteiger partial charge in [0.15, 0.2) is 0 Å². The number of aliphatic hydroxyl groups is 1. The maximum atomic E-state index is 12.5. The summed E-state index contributed by atoms with van der Waals surface area (Å²) in [5, 5.41) is 12.6. The minimum absolute atomic E-state index is 0.00695. The van der Waals surface area contributed by atoms with Crippen LogP contribution < -0.4 is 5.32 Å². The Labute approximate surface area is 139 Å². The highest BCUT2D eigenvalue weighted by Gasteiger charge is 2.31. The molecule has 0 bridgehead atoms. The summed E-state index contributed by atoms with van der Waals surface area (Å²) in [5.41, 5.74) is 0.859. The second-order valence-corrected chi connectivity index (χ2v) is 6.10. The normalized spacial score (nSPS) is 17.4. The van der Waals surface area contributed by atoms with Crippen molar-refractivity contribution < 1.29 is 14.7 Å². The zero-order valence-corrected chi connectivity index (χ0v) is 13.5. The Morgan fingerprint density at radius 3 is 2.73 bits per heavy atom. The molecule has 0 aliphatic carbocycles. The van der Waals surface area contributed by atoms with Crippen LogP contribution in [0.25, 0.3) is 0 Å². The first-order valence-electron chi connectivity index (χ1n) is 7.11. The fraction of sp³-hybridized carbons (Fsp3) is 0.467. The third-order valence-corrected chi connectivity index (χ3v) is 4.32. The van der Waals surface area contributed by atoms with Crippen LogP contribution in [0, 0.1) is 5.92 Å². The molecule has 0 spiro atoms. The lowest BCUT2D eigenvalue weighted by Crippen LogP contribution is -2.37. The Morgan fingerprint density at radius 1 is 1.36 bits per heavy atom. The highest BCUT2D eigenvalue weighted by molar-refractivity contribution is 6.42. The van der Waals surface area contributed by atoms with Crippen molar-refractivity contribution in [1.82, 2.24) is 10.2 Å². The quantitative estimate of drug-likeness (QED) is 0.827. The highest BCUT2D eigenvalue weighted by atomic mass is 35.5. The van der Waals surface area contributed by atoms with E-state index in [0.29, 0.717) is 36.1 Å². The van der Waals surface area contributed by atoms with E-state index in [1.807, 2.05) is 6.07 Å². The first-order valence-corrected chi connectivity index (χ1v) is 7.87. The van der Waals surface area contributed by atoms with Crippen LogP contribution in [-0.2, 0) is 16.1 Å². The fourth-order valence-electron chi connectivity index (χ4n) is 2.43. The van der Waals surface area contributed by atoms with Gasteiger partial charge in [-0.2, -0.15) is 0 Å². The molecule has 2 rings (SSSR count). The molecule has 1 fully saturated rings. The minimum atomic E-state index is -0.339. The van der Waals surface area contributed by atoms with Gasteiger partial charge < -0.3 is 15.3 Å². The molecule has 22 heavy (non-hydrogen) atoms. The molecule has 0 radical (unpaired) electrons. The average molecular weight is 345 g/mol. The Bertz CT molecular complexity index is 566. The molecular formula is C15H18Cl2N2O3. The zero-order chi connectivity index (χ0) is 16.1. The van der Waals surface area contributed by atoms with Crippen LogP contribution in [-0.4, -0.2) is 41.5 Å². The van der Waals surface area contributed by atoms with Gasteiger partial charge in [0.1, 0.15) is 0 Å². The molecule has 0 aromatic heterocycles. The maximum absolute atomic E-state index is 12.5. The molecule has 2 N–H and O–H groups in total. The summed E-state index contributed by atoms with van der Waals surface area (Å²) in [5.74, 6) is -0.526. The van der Waals surface area contributed by atoms with E-state index in [-0.39, 0.29) is 30.8 Å². The first-order chi connectivity index (χ1) is 10.5. The average Bonchev–Trinajstić information content (AvgIpc) is 2.93. The largest absolute Gasteiger partial charge is 0.396 e.